The zero-order valence-electron chi connectivity index (χ0n) is 11.3. The number of carbonyl (C=O) groups is 1. The third-order valence-corrected chi connectivity index (χ3v) is 2.56. The number of aryl methyl sites for hydroxylation is 1. The summed E-state index contributed by atoms with van der Waals surface area (Å²) >= 11 is 0. The van der Waals surface area contributed by atoms with Gasteiger partial charge in [-0.2, -0.15) is 0 Å². The number of nitrogen functional groups attached to an aromatic ring is 1. The van der Waals surface area contributed by atoms with Gasteiger partial charge in [-0.3, -0.25) is 0 Å². The predicted octanol–water partition coefficient (Wildman–Crippen LogP) is 1.75. The van der Waals surface area contributed by atoms with Crippen molar-refractivity contribution in [3.05, 3.63) is 35.3 Å². The van der Waals surface area contributed by atoms with E-state index >= 15 is 0 Å². The van der Waals surface area contributed by atoms with Crippen LogP contribution >= 0.6 is 0 Å². The van der Waals surface area contributed by atoms with Crippen molar-refractivity contribution in [1.29, 1.82) is 0 Å². The molecule has 0 saturated heterocycles. The number of carbonyl (C=O) groups excluding carboxylic acids is 1. The van der Waals surface area contributed by atoms with E-state index in [0.29, 0.717) is 24.5 Å². The topological polar surface area (TPSA) is 103 Å². The summed E-state index contributed by atoms with van der Waals surface area (Å²) in [7, 11) is 0. The molecule has 2 heterocycles. The maximum absolute atomic E-state index is 11.7. The van der Waals surface area contributed by atoms with Crippen molar-refractivity contribution in [2.24, 2.45) is 0 Å². The van der Waals surface area contributed by atoms with E-state index in [2.05, 4.69) is 15.5 Å². The highest BCUT2D eigenvalue weighted by Gasteiger charge is 2.12. The maximum atomic E-state index is 11.7. The number of nitrogens with one attached hydrogen (secondary N) is 1. The average molecular weight is 276 g/mol. The number of rotatable bonds is 5. The lowest BCUT2D eigenvalue weighted by Crippen LogP contribution is -2.10. The molecule has 0 bridgehead atoms. The molecule has 0 spiro atoms. The Morgan fingerprint density at radius 1 is 1.50 bits per heavy atom. The van der Waals surface area contributed by atoms with Gasteiger partial charge in [-0.1, -0.05) is 5.16 Å². The molecule has 0 radical (unpaired) electrons. The molecule has 7 nitrogen and oxygen atoms in total. The third kappa shape index (κ3) is 3.25. The normalized spacial score (nSPS) is 10.3. The van der Waals surface area contributed by atoms with E-state index in [0.717, 1.165) is 11.5 Å². The summed E-state index contributed by atoms with van der Waals surface area (Å²) in [5, 5.41) is 6.90. The van der Waals surface area contributed by atoms with Gasteiger partial charge in [-0.25, -0.2) is 9.78 Å². The van der Waals surface area contributed by atoms with Crippen LogP contribution in [0.2, 0.25) is 0 Å². The molecule has 0 atom stereocenters. The second-order valence-electron chi connectivity index (χ2n) is 4.16. The van der Waals surface area contributed by atoms with Gasteiger partial charge in [0.2, 0.25) is 0 Å². The maximum Gasteiger partial charge on any atom is 0.340 e. The molecule has 0 aliphatic rings. The molecule has 20 heavy (non-hydrogen) atoms. The highest BCUT2D eigenvalue weighted by atomic mass is 16.5. The Kier molecular flexibility index (Phi) is 4.19. The Labute approximate surface area is 116 Å². The quantitative estimate of drug-likeness (QED) is 0.802. The Hall–Kier alpha value is -2.57. The largest absolute Gasteiger partial charge is 0.462 e. The van der Waals surface area contributed by atoms with Gasteiger partial charge in [0.1, 0.15) is 17.3 Å². The fourth-order valence-electron chi connectivity index (χ4n) is 1.63. The van der Waals surface area contributed by atoms with Gasteiger partial charge in [0.05, 0.1) is 30.6 Å². The lowest BCUT2D eigenvalue weighted by molar-refractivity contribution is 0.0527. The molecule has 0 fully saturated rings. The van der Waals surface area contributed by atoms with Crippen molar-refractivity contribution in [2.75, 3.05) is 17.7 Å². The molecule has 0 unspecified atom stereocenters. The zero-order chi connectivity index (χ0) is 14.5. The Morgan fingerprint density at radius 2 is 2.30 bits per heavy atom. The second-order valence-corrected chi connectivity index (χ2v) is 4.16. The van der Waals surface area contributed by atoms with E-state index < -0.39 is 5.97 Å². The first-order valence-electron chi connectivity index (χ1n) is 6.19. The minimum Gasteiger partial charge on any atom is -0.462 e. The molecule has 2 rings (SSSR count). The molecule has 0 amide bonds. The summed E-state index contributed by atoms with van der Waals surface area (Å²) in [6.07, 6.45) is 1.42. The summed E-state index contributed by atoms with van der Waals surface area (Å²) in [4.78, 5) is 15.8. The summed E-state index contributed by atoms with van der Waals surface area (Å²) in [6.45, 7) is 4.29. The van der Waals surface area contributed by atoms with E-state index in [4.69, 9.17) is 15.0 Å². The van der Waals surface area contributed by atoms with Crippen molar-refractivity contribution in [3.63, 3.8) is 0 Å². The number of aromatic nitrogens is 2. The molecule has 0 aliphatic carbocycles. The van der Waals surface area contributed by atoms with Crippen molar-refractivity contribution < 1.29 is 14.1 Å². The average Bonchev–Trinajstić information content (AvgIpc) is 2.84. The van der Waals surface area contributed by atoms with E-state index in [1.54, 1.807) is 13.0 Å². The first kappa shape index (κ1) is 13.9. The van der Waals surface area contributed by atoms with Crippen molar-refractivity contribution in [3.8, 4) is 0 Å². The van der Waals surface area contributed by atoms with E-state index in [-0.39, 0.29) is 5.69 Å². The van der Waals surface area contributed by atoms with Gasteiger partial charge in [0.25, 0.3) is 0 Å². The summed E-state index contributed by atoms with van der Waals surface area (Å²) in [5.74, 6) is 0.787. The lowest BCUT2D eigenvalue weighted by atomic mass is 10.2. The number of nitrogens with two attached hydrogens (primary N) is 1. The Balaban J connectivity index is 2.08. The first-order valence-corrected chi connectivity index (χ1v) is 6.19. The van der Waals surface area contributed by atoms with Crippen molar-refractivity contribution >= 4 is 17.5 Å². The first-order chi connectivity index (χ1) is 9.60. The van der Waals surface area contributed by atoms with Gasteiger partial charge < -0.3 is 20.3 Å². The molecule has 0 aromatic carbocycles. The molecular weight excluding hydrogens is 260 g/mol. The van der Waals surface area contributed by atoms with Crippen LogP contribution in [0.1, 0.15) is 28.7 Å². The minimum atomic E-state index is -0.465. The standard InChI is InChI=1S/C13H16N4O3/c1-3-19-13(18)10-5-12(16-7-11(10)14)15-6-9-4-8(2)20-17-9/h4-5,7H,3,6,14H2,1-2H3,(H,15,16). The van der Waals surface area contributed by atoms with Crippen LogP contribution in [-0.4, -0.2) is 22.7 Å². The van der Waals surface area contributed by atoms with Crippen LogP contribution in [0.3, 0.4) is 0 Å². The lowest BCUT2D eigenvalue weighted by Gasteiger charge is -2.08. The second kappa shape index (κ2) is 6.05. The monoisotopic (exact) mass is 276 g/mol. The molecule has 7 heteroatoms. The summed E-state index contributed by atoms with van der Waals surface area (Å²) < 4.78 is 9.89. The van der Waals surface area contributed by atoms with Gasteiger partial charge in [0, 0.05) is 6.07 Å². The van der Waals surface area contributed by atoms with Gasteiger partial charge >= 0.3 is 5.97 Å². The van der Waals surface area contributed by atoms with Crippen molar-refractivity contribution in [1.82, 2.24) is 10.1 Å². The highest BCUT2D eigenvalue weighted by Crippen LogP contribution is 2.16. The van der Waals surface area contributed by atoms with Crippen LogP contribution in [0.15, 0.2) is 22.9 Å². The number of ether oxygens (including phenoxy) is 1. The van der Waals surface area contributed by atoms with Crippen LogP contribution in [-0.2, 0) is 11.3 Å². The predicted molar refractivity (Wildman–Crippen MR) is 73.2 cm³/mol. The molecule has 106 valence electrons. The molecule has 0 aliphatic heterocycles. The minimum absolute atomic E-state index is 0.284. The third-order valence-electron chi connectivity index (χ3n) is 2.56. The number of nitrogens with zero attached hydrogens (tertiary/aromatic N) is 2. The Bertz CT molecular complexity index is 609. The van der Waals surface area contributed by atoms with E-state index in [1.165, 1.54) is 6.20 Å². The molecular formula is C13H16N4O3. The summed E-state index contributed by atoms with van der Waals surface area (Å²) in [5.41, 5.74) is 7.04. The van der Waals surface area contributed by atoms with Crippen molar-refractivity contribution in [2.45, 2.75) is 20.4 Å². The van der Waals surface area contributed by atoms with Crippen LogP contribution in [0.5, 0.6) is 0 Å². The molecule has 2 aromatic rings. The fourth-order valence-corrected chi connectivity index (χ4v) is 1.63. The molecule has 2 aromatic heterocycles. The fraction of sp³-hybridized carbons (Fsp3) is 0.308. The molecule has 0 saturated carbocycles. The number of hydrogen-bond donors (Lipinski definition) is 2. The van der Waals surface area contributed by atoms with Crippen LogP contribution in [0.25, 0.3) is 0 Å². The van der Waals surface area contributed by atoms with E-state index in [9.17, 15) is 4.79 Å². The zero-order valence-corrected chi connectivity index (χ0v) is 11.3. The number of hydrogen-bond acceptors (Lipinski definition) is 7. The number of esters is 1. The van der Waals surface area contributed by atoms with Crippen LogP contribution < -0.4 is 11.1 Å². The smallest absolute Gasteiger partial charge is 0.340 e. The number of anilines is 2. The Morgan fingerprint density at radius 3 is 2.95 bits per heavy atom. The van der Waals surface area contributed by atoms with Gasteiger partial charge in [-0.15, -0.1) is 0 Å². The molecule has 3 N–H and O–H groups in total. The van der Waals surface area contributed by atoms with Gasteiger partial charge in [0.15, 0.2) is 0 Å². The van der Waals surface area contributed by atoms with Crippen LogP contribution in [0.4, 0.5) is 11.5 Å². The highest BCUT2D eigenvalue weighted by molar-refractivity contribution is 5.95. The van der Waals surface area contributed by atoms with Crippen LogP contribution in [0, 0.1) is 6.92 Å². The SMILES string of the molecule is CCOC(=O)c1cc(NCc2cc(C)on2)ncc1N. The summed E-state index contributed by atoms with van der Waals surface area (Å²) in [6, 6.07) is 3.37. The van der Waals surface area contributed by atoms with Gasteiger partial charge in [-0.05, 0) is 19.9 Å². The number of pyridine rings is 1. The van der Waals surface area contributed by atoms with E-state index in [1.807, 2.05) is 13.0 Å².